The summed E-state index contributed by atoms with van der Waals surface area (Å²) in [5.41, 5.74) is 10.5. The lowest BCUT2D eigenvalue weighted by molar-refractivity contribution is 1.19. The predicted octanol–water partition coefficient (Wildman–Crippen LogP) is 11.1. The van der Waals surface area contributed by atoms with Gasteiger partial charge in [-0.25, -0.2) is 0 Å². The van der Waals surface area contributed by atoms with Gasteiger partial charge in [-0.3, -0.25) is 4.98 Å². The molecule has 8 aromatic rings. The maximum atomic E-state index is 4.65. The van der Waals surface area contributed by atoms with Crippen molar-refractivity contribution in [2.45, 2.75) is 0 Å². The van der Waals surface area contributed by atoms with E-state index in [1.54, 1.807) is 0 Å². The van der Waals surface area contributed by atoms with E-state index in [0.717, 1.165) is 34.6 Å². The number of para-hydroxylation sites is 1. The highest BCUT2D eigenvalue weighted by Gasteiger charge is 2.16. The largest absolute Gasteiger partial charge is 0.681 e. The molecule has 0 radical (unpaired) electrons. The number of hydrogen-bond donors (Lipinski definition) is 0. The second kappa shape index (κ2) is 10.4. The van der Waals surface area contributed by atoms with E-state index in [4.69, 9.17) is 0 Å². The van der Waals surface area contributed by atoms with Gasteiger partial charge in [-0.1, -0.05) is 97.1 Å². The standard InChI is InChI=1S/C42H28N3/c1-2-8-36(9-3-1)45-41-26-32(35-7-6-21-43-27-35)16-19-38(41)39-20-17-33-24-31(15-18-37(33)42(39)45)28-11-12-30-25-34(14-13-29(30)23-28)40-10-4-5-22-44-40/h1-21,23-27H,22H2/q-1. The molecular formula is C42H28N3-. The third-order valence-corrected chi connectivity index (χ3v) is 8.98. The Hall–Kier alpha value is -5.93. The molecule has 0 bridgehead atoms. The zero-order valence-corrected chi connectivity index (χ0v) is 24.6. The van der Waals surface area contributed by atoms with Gasteiger partial charge in [0.1, 0.15) is 0 Å². The Balaban J connectivity index is 1.20. The zero-order chi connectivity index (χ0) is 29.7. The number of pyridine rings is 1. The Morgan fingerprint density at radius 2 is 1.24 bits per heavy atom. The molecule has 0 saturated carbocycles. The quantitative estimate of drug-likeness (QED) is 0.206. The topological polar surface area (TPSA) is 31.9 Å². The molecule has 45 heavy (non-hydrogen) atoms. The number of fused-ring (bicyclic) bond motifs is 6. The summed E-state index contributed by atoms with van der Waals surface area (Å²) in [5, 5.41) is 12.1. The number of hydrogen-bond acceptors (Lipinski definition) is 1. The van der Waals surface area contributed by atoms with Gasteiger partial charge in [0.25, 0.3) is 0 Å². The maximum absolute atomic E-state index is 4.65. The molecule has 2 aromatic heterocycles. The molecule has 3 heteroatoms. The van der Waals surface area contributed by atoms with Gasteiger partial charge in [0.05, 0.1) is 11.0 Å². The molecule has 212 valence electrons. The molecule has 0 aliphatic carbocycles. The number of aromatic nitrogens is 2. The van der Waals surface area contributed by atoms with Gasteiger partial charge in [-0.2, -0.15) is 0 Å². The van der Waals surface area contributed by atoms with E-state index in [2.05, 4.69) is 154 Å². The van der Waals surface area contributed by atoms with E-state index in [1.165, 1.54) is 54.5 Å². The van der Waals surface area contributed by atoms with Gasteiger partial charge in [0.15, 0.2) is 0 Å². The summed E-state index contributed by atoms with van der Waals surface area (Å²) in [6, 6.07) is 46.4. The Bertz CT molecular complexity index is 2470. The van der Waals surface area contributed by atoms with Crippen molar-refractivity contribution < 1.29 is 0 Å². The average Bonchev–Trinajstić information content (AvgIpc) is 3.46. The van der Waals surface area contributed by atoms with Crippen LogP contribution in [-0.2, 0) is 0 Å². The maximum Gasteiger partial charge on any atom is 0.0619 e. The Labute approximate surface area is 261 Å². The number of nitrogens with zero attached hydrogens (tertiary/aromatic N) is 3. The van der Waals surface area contributed by atoms with Crippen molar-refractivity contribution in [3.63, 3.8) is 0 Å². The van der Waals surface area contributed by atoms with Gasteiger partial charge in [-0.15, -0.1) is 18.3 Å². The lowest BCUT2D eigenvalue weighted by atomic mass is 9.96. The van der Waals surface area contributed by atoms with Crippen molar-refractivity contribution in [3.8, 4) is 27.9 Å². The molecule has 3 nitrogen and oxygen atoms in total. The predicted molar refractivity (Wildman–Crippen MR) is 190 cm³/mol. The van der Waals surface area contributed by atoms with Crippen LogP contribution < -0.4 is 0 Å². The normalized spacial score (nSPS) is 13.0. The van der Waals surface area contributed by atoms with Crippen molar-refractivity contribution in [2.24, 2.45) is 0 Å². The molecule has 6 aromatic carbocycles. The van der Waals surface area contributed by atoms with E-state index in [9.17, 15) is 0 Å². The molecule has 0 fully saturated rings. The van der Waals surface area contributed by atoms with Crippen LogP contribution in [0, 0.1) is 0 Å². The van der Waals surface area contributed by atoms with Crippen LogP contribution in [0.3, 0.4) is 0 Å². The third-order valence-electron chi connectivity index (χ3n) is 8.98. The van der Waals surface area contributed by atoms with Gasteiger partial charge < -0.3 is 9.88 Å². The van der Waals surface area contributed by atoms with Gasteiger partial charge in [0, 0.05) is 39.8 Å². The first kappa shape index (κ1) is 25.6. The lowest BCUT2D eigenvalue weighted by Crippen LogP contribution is -1.94. The SMILES string of the molecule is C1=CC[N-]C(c2ccc3cc(-c4ccc5c(ccc6c7ccc(-c8cccnc8)cc7n(-c7ccccc7)c56)c4)ccc3c2)=C1. The molecular weight excluding hydrogens is 546 g/mol. The molecule has 3 heterocycles. The van der Waals surface area contributed by atoms with Crippen LogP contribution >= 0.6 is 0 Å². The molecule has 1 aliphatic heterocycles. The number of benzene rings is 6. The summed E-state index contributed by atoms with van der Waals surface area (Å²) in [6.45, 7) is 0.746. The van der Waals surface area contributed by atoms with Crippen LogP contribution in [0.15, 0.2) is 158 Å². The minimum atomic E-state index is 0.746. The second-order valence-corrected chi connectivity index (χ2v) is 11.6. The molecule has 0 saturated heterocycles. The van der Waals surface area contributed by atoms with Gasteiger partial charge >= 0.3 is 0 Å². The highest BCUT2D eigenvalue weighted by Crippen LogP contribution is 2.39. The average molecular weight is 575 g/mol. The smallest absolute Gasteiger partial charge is 0.0619 e. The summed E-state index contributed by atoms with van der Waals surface area (Å²) in [5.74, 6) is 0. The number of rotatable bonds is 4. The fraction of sp³-hybridized carbons (Fsp3) is 0.0238. The van der Waals surface area contributed by atoms with Crippen molar-refractivity contribution in [1.29, 1.82) is 0 Å². The molecule has 0 unspecified atom stereocenters. The van der Waals surface area contributed by atoms with E-state index < -0.39 is 0 Å². The molecule has 1 aliphatic rings. The summed E-state index contributed by atoms with van der Waals surface area (Å²) in [4.78, 5) is 4.36. The Kier molecular flexibility index (Phi) is 5.88. The lowest BCUT2D eigenvalue weighted by Gasteiger charge is -2.26. The molecule has 0 N–H and O–H groups in total. The second-order valence-electron chi connectivity index (χ2n) is 11.6. The van der Waals surface area contributed by atoms with Gasteiger partial charge in [0.2, 0.25) is 0 Å². The van der Waals surface area contributed by atoms with E-state index >= 15 is 0 Å². The fourth-order valence-corrected chi connectivity index (χ4v) is 6.77. The minimum absolute atomic E-state index is 0.746. The Morgan fingerprint density at radius 1 is 0.556 bits per heavy atom. The van der Waals surface area contributed by atoms with Gasteiger partial charge in [-0.05, 0) is 80.9 Å². The van der Waals surface area contributed by atoms with E-state index in [0.29, 0.717) is 0 Å². The fourth-order valence-electron chi connectivity index (χ4n) is 6.77. The monoisotopic (exact) mass is 574 g/mol. The molecule has 0 amide bonds. The first-order chi connectivity index (χ1) is 22.3. The summed E-state index contributed by atoms with van der Waals surface area (Å²) >= 11 is 0. The first-order valence-corrected chi connectivity index (χ1v) is 15.4. The highest BCUT2D eigenvalue weighted by molar-refractivity contribution is 6.19. The van der Waals surface area contributed by atoms with Crippen LogP contribution in [0.4, 0.5) is 0 Å². The zero-order valence-electron chi connectivity index (χ0n) is 24.6. The van der Waals surface area contributed by atoms with Crippen molar-refractivity contribution >= 4 is 49.0 Å². The van der Waals surface area contributed by atoms with Crippen LogP contribution in [0.2, 0.25) is 0 Å². The number of allylic oxidation sites excluding steroid dienone is 2. The third kappa shape index (κ3) is 4.32. The minimum Gasteiger partial charge on any atom is -0.681 e. The summed E-state index contributed by atoms with van der Waals surface area (Å²) in [6.07, 6.45) is 10.00. The highest BCUT2D eigenvalue weighted by atomic mass is 15.0. The first-order valence-electron chi connectivity index (χ1n) is 15.4. The Morgan fingerprint density at radius 3 is 2.02 bits per heavy atom. The van der Waals surface area contributed by atoms with Crippen LogP contribution in [0.5, 0.6) is 0 Å². The van der Waals surface area contributed by atoms with Crippen molar-refractivity contribution in [2.75, 3.05) is 6.54 Å². The van der Waals surface area contributed by atoms with Crippen LogP contribution in [0.25, 0.3) is 82.3 Å². The summed E-state index contributed by atoms with van der Waals surface area (Å²) in [7, 11) is 0. The molecule has 9 rings (SSSR count). The van der Waals surface area contributed by atoms with E-state index in [1.807, 2.05) is 18.5 Å². The van der Waals surface area contributed by atoms with Crippen molar-refractivity contribution in [1.82, 2.24) is 9.55 Å². The van der Waals surface area contributed by atoms with Crippen LogP contribution in [0.1, 0.15) is 5.56 Å². The molecule has 0 atom stereocenters. The summed E-state index contributed by atoms with van der Waals surface area (Å²) < 4.78 is 2.42. The molecule has 0 spiro atoms. The van der Waals surface area contributed by atoms with Crippen LogP contribution in [-0.4, -0.2) is 16.1 Å². The van der Waals surface area contributed by atoms with E-state index in [-0.39, 0.29) is 0 Å². The van der Waals surface area contributed by atoms with Crippen molar-refractivity contribution in [3.05, 3.63) is 169 Å².